The zero-order valence-corrected chi connectivity index (χ0v) is 15.3. The highest BCUT2D eigenvalue weighted by Gasteiger charge is 2.37. The van der Waals surface area contributed by atoms with E-state index in [0.717, 1.165) is 30.6 Å². The summed E-state index contributed by atoms with van der Waals surface area (Å²) in [5.41, 5.74) is 0.655. The number of nitrogens with zero attached hydrogens (tertiary/aromatic N) is 2. The third kappa shape index (κ3) is 4.84. The van der Waals surface area contributed by atoms with Crippen molar-refractivity contribution in [1.29, 1.82) is 0 Å². The molecule has 0 aromatic carbocycles. The lowest BCUT2D eigenvalue weighted by Gasteiger charge is -2.40. The summed E-state index contributed by atoms with van der Waals surface area (Å²) in [7, 11) is 0. The van der Waals surface area contributed by atoms with Crippen LogP contribution in [0.1, 0.15) is 39.2 Å². The minimum Gasteiger partial charge on any atom is -0.490 e. The molecule has 2 heterocycles. The van der Waals surface area contributed by atoms with Crippen LogP contribution >= 0.6 is 0 Å². The van der Waals surface area contributed by atoms with Crippen LogP contribution in [0.4, 0.5) is 4.79 Å². The highest BCUT2D eigenvalue weighted by Crippen LogP contribution is 2.40. The summed E-state index contributed by atoms with van der Waals surface area (Å²) in [6, 6.07) is 2.07. The molecular formula is C19H28N2O4. The van der Waals surface area contributed by atoms with Crippen LogP contribution < -0.4 is 4.74 Å². The highest BCUT2D eigenvalue weighted by atomic mass is 16.6. The second kappa shape index (κ2) is 7.20. The second-order valence-corrected chi connectivity index (χ2v) is 8.10. The van der Waals surface area contributed by atoms with E-state index >= 15 is 0 Å². The third-order valence-corrected chi connectivity index (χ3v) is 4.79. The van der Waals surface area contributed by atoms with Gasteiger partial charge in [-0.25, -0.2) is 4.79 Å². The molecular weight excluding hydrogens is 320 g/mol. The predicted molar refractivity (Wildman–Crippen MR) is 93.5 cm³/mol. The van der Waals surface area contributed by atoms with Crippen molar-refractivity contribution in [3.05, 3.63) is 24.0 Å². The topological polar surface area (TPSA) is 71.9 Å². The van der Waals surface area contributed by atoms with Crippen molar-refractivity contribution in [2.45, 2.75) is 51.7 Å². The normalized spacial score (nSPS) is 25.3. The Morgan fingerprint density at radius 2 is 2.16 bits per heavy atom. The summed E-state index contributed by atoms with van der Waals surface area (Å²) in [4.78, 5) is 18.1. The molecule has 2 fully saturated rings. The number of likely N-dealkylation sites (tertiary alicyclic amines) is 1. The molecule has 1 aliphatic carbocycles. The SMILES string of the molecule is CC(C)(C)OC(=O)N1CCC1COc1cncc(CC2CC2CO)c1. The molecule has 1 aromatic heterocycles. The van der Waals surface area contributed by atoms with Gasteiger partial charge in [-0.05, 0) is 63.5 Å². The number of aliphatic hydroxyl groups is 1. The van der Waals surface area contributed by atoms with E-state index in [1.54, 1.807) is 11.1 Å². The Kier molecular flexibility index (Phi) is 5.18. The molecule has 1 aliphatic heterocycles. The van der Waals surface area contributed by atoms with Gasteiger partial charge in [0.25, 0.3) is 0 Å². The van der Waals surface area contributed by atoms with Crippen LogP contribution in [0.3, 0.4) is 0 Å². The number of rotatable bonds is 6. The lowest BCUT2D eigenvalue weighted by atomic mass is 10.1. The number of amides is 1. The van der Waals surface area contributed by atoms with Gasteiger partial charge in [-0.15, -0.1) is 0 Å². The van der Waals surface area contributed by atoms with Gasteiger partial charge in [0.05, 0.1) is 12.2 Å². The number of carbonyl (C=O) groups is 1. The predicted octanol–water partition coefficient (Wildman–Crippen LogP) is 2.64. The van der Waals surface area contributed by atoms with E-state index in [1.165, 1.54) is 0 Å². The summed E-state index contributed by atoms with van der Waals surface area (Å²) in [5, 5.41) is 9.15. The first-order valence-corrected chi connectivity index (χ1v) is 9.03. The second-order valence-electron chi connectivity index (χ2n) is 8.10. The first-order chi connectivity index (χ1) is 11.9. The molecule has 138 valence electrons. The largest absolute Gasteiger partial charge is 0.490 e. The van der Waals surface area contributed by atoms with Crippen LogP contribution in [-0.4, -0.2) is 52.5 Å². The van der Waals surface area contributed by atoms with Gasteiger partial charge in [-0.2, -0.15) is 0 Å². The van der Waals surface area contributed by atoms with Gasteiger partial charge >= 0.3 is 6.09 Å². The monoisotopic (exact) mass is 348 g/mol. The van der Waals surface area contributed by atoms with Gasteiger partial charge < -0.3 is 19.5 Å². The average Bonchev–Trinajstić information content (AvgIpc) is 3.23. The number of hydrogen-bond donors (Lipinski definition) is 1. The van der Waals surface area contributed by atoms with E-state index in [0.29, 0.717) is 25.0 Å². The molecule has 3 rings (SSSR count). The Bertz CT molecular complexity index is 614. The molecule has 1 N–H and O–H groups in total. The van der Waals surface area contributed by atoms with Gasteiger partial charge in [0.15, 0.2) is 0 Å². The molecule has 0 radical (unpaired) electrons. The molecule has 3 unspecified atom stereocenters. The molecule has 0 bridgehead atoms. The number of carbonyl (C=O) groups excluding carboxylic acids is 1. The number of aromatic nitrogens is 1. The van der Waals surface area contributed by atoms with Gasteiger partial charge in [-0.3, -0.25) is 4.98 Å². The lowest BCUT2D eigenvalue weighted by Crippen LogP contribution is -2.55. The highest BCUT2D eigenvalue weighted by molar-refractivity contribution is 5.69. The Labute approximate surface area is 149 Å². The minimum atomic E-state index is -0.481. The van der Waals surface area contributed by atoms with E-state index in [1.807, 2.05) is 33.0 Å². The molecule has 6 nitrogen and oxygen atoms in total. The standard InChI is InChI=1S/C19H28N2O4/c1-19(2,3)25-18(23)21-5-4-16(21)12-24-17-7-13(9-20-10-17)6-14-8-15(14)11-22/h7,9-10,14-16,22H,4-6,8,11-12H2,1-3H3. The maximum Gasteiger partial charge on any atom is 0.410 e. The van der Waals surface area contributed by atoms with Crippen molar-refractivity contribution >= 4 is 6.09 Å². The minimum absolute atomic E-state index is 0.0562. The summed E-state index contributed by atoms with van der Waals surface area (Å²) in [6.45, 7) is 7.05. The first-order valence-electron chi connectivity index (χ1n) is 9.03. The molecule has 0 spiro atoms. The van der Waals surface area contributed by atoms with Crippen LogP contribution in [0.25, 0.3) is 0 Å². The van der Waals surface area contributed by atoms with Gasteiger partial charge in [0.2, 0.25) is 0 Å². The van der Waals surface area contributed by atoms with Crippen molar-refractivity contribution in [3.63, 3.8) is 0 Å². The van der Waals surface area contributed by atoms with Crippen LogP contribution in [0.2, 0.25) is 0 Å². The van der Waals surface area contributed by atoms with E-state index in [2.05, 4.69) is 4.98 Å². The van der Waals surface area contributed by atoms with E-state index in [-0.39, 0.29) is 18.7 Å². The molecule has 1 saturated carbocycles. The summed E-state index contributed by atoms with van der Waals surface area (Å²) >= 11 is 0. The van der Waals surface area contributed by atoms with Crippen LogP contribution in [0.15, 0.2) is 18.5 Å². The van der Waals surface area contributed by atoms with Crippen LogP contribution in [-0.2, 0) is 11.2 Å². The maximum absolute atomic E-state index is 12.1. The van der Waals surface area contributed by atoms with E-state index < -0.39 is 5.60 Å². The number of hydrogen-bond acceptors (Lipinski definition) is 5. The smallest absolute Gasteiger partial charge is 0.410 e. The number of aliphatic hydroxyl groups excluding tert-OH is 1. The van der Waals surface area contributed by atoms with Crippen LogP contribution in [0.5, 0.6) is 5.75 Å². The average molecular weight is 348 g/mol. The fourth-order valence-corrected chi connectivity index (χ4v) is 3.11. The number of ether oxygens (including phenoxy) is 2. The Balaban J connectivity index is 1.48. The van der Waals surface area contributed by atoms with Crippen molar-refractivity contribution in [2.75, 3.05) is 19.8 Å². The van der Waals surface area contributed by atoms with E-state index in [4.69, 9.17) is 14.6 Å². The van der Waals surface area contributed by atoms with Crippen molar-refractivity contribution in [2.24, 2.45) is 11.8 Å². The Morgan fingerprint density at radius 1 is 1.36 bits per heavy atom. The quantitative estimate of drug-likeness (QED) is 0.856. The molecule has 3 atom stereocenters. The van der Waals surface area contributed by atoms with Gasteiger partial charge in [-0.1, -0.05) is 0 Å². The van der Waals surface area contributed by atoms with Crippen molar-refractivity contribution in [3.8, 4) is 5.75 Å². The molecule has 1 amide bonds. The Hall–Kier alpha value is -1.82. The van der Waals surface area contributed by atoms with Crippen molar-refractivity contribution < 1.29 is 19.4 Å². The first kappa shape index (κ1) is 18.0. The zero-order valence-electron chi connectivity index (χ0n) is 15.3. The maximum atomic E-state index is 12.1. The van der Waals surface area contributed by atoms with Crippen molar-refractivity contribution in [1.82, 2.24) is 9.88 Å². The van der Waals surface area contributed by atoms with Gasteiger partial charge in [0, 0.05) is 19.3 Å². The molecule has 25 heavy (non-hydrogen) atoms. The molecule has 1 aromatic rings. The van der Waals surface area contributed by atoms with Crippen LogP contribution in [0, 0.1) is 11.8 Å². The lowest BCUT2D eigenvalue weighted by molar-refractivity contribution is -0.0141. The van der Waals surface area contributed by atoms with Gasteiger partial charge in [0.1, 0.15) is 18.0 Å². The molecule has 1 saturated heterocycles. The number of pyridine rings is 1. The molecule has 6 heteroatoms. The summed E-state index contributed by atoms with van der Waals surface area (Å²) < 4.78 is 11.3. The zero-order chi connectivity index (χ0) is 18.0. The summed E-state index contributed by atoms with van der Waals surface area (Å²) in [6.07, 6.45) is 6.24. The fraction of sp³-hybridized carbons (Fsp3) is 0.684. The third-order valence-electron chi connectivity index (χ3n) is 4.79. The Morgan fingerprint density at radius 3 is 2.76 bits per heavy atom. The fourth-order valence-electron chi connectivity index (χ4n) is 3.11. The molecule has 2 aliphatic rings. The summed E-state index contributed by atoms with van der Waals surface area (Å²) in [5.74, 6) is 1.74. The van der Waals surface area contributed by atoms with E-state index in [9.17, 15) is 4.79 Å².